The van der Waals surface area contributed by atoms with Gasteiger partial charge >= 0.3 is 0 Å². The van der Waals surface area contributed by atoms with Gasteiger partial charge in [-0.25, -0.2) is 4.98 Å². The molecule has 1 atom stereocenters. The van der Waals surface area contributed by atoms with E-state index >= 15 is 0 Å². The molecule has 0 bridgehead atoms. The molecule has 0 unspecified atom stereocenters. The van der Waals surface area contributed by atoms with Crippen LogP contribution in [-0.4, -0.2) is 10.1 Å². The van der Waals surface area contributed by atoms with Crippen molar-refractivity contribution in [2.75, 3.05) is 4.90 Å². The van der Waals surface area contributed by atoms with Gasteiger partial charge in [-0.3, -0.25) is 0 Å². The van der Waals surface area contributed by atoms with E-state index in [-0.39, 0.29) is 0 Å². The van der Waals surface area contributed by atoms with Crippen molar-refractivity contribution in [2.24, 2.45) is 0 Å². The Labute approximate surface area is 107 Å². The zero-order valence-electron chi connectivity index (χ0n) is 10.4. The molecule has 3 nitrogen and oxygen atoms in total. The number of fused-ring (bicyclic) bond motifs is 1. The highest BCUT2D eigenvalue weighted by Crippen LogP contribution is 2.31. The molecule has 0 spiro atoms. The minimum Gasteiger partial charge on any atom is -0.389 e. The molecule has 3 heteroatoms. The fraction of sp³-hybridized carbons (Fsp3) is 0.267. The number of aromatic nitrogens is 1. The van der Waals surface area contributed by atoms with Crippen molar-refractivity contribution in [3.8, 4) is 0 Å². The number of aliphatic hydroxyl groups excluding tert-OH is 1. The van der Waals surface area contributed by atoms with Crippen LogP contribution in [0.15, 0.2) is 42.6 Å². The zero-order chi connectivity index (χ0) is 12.5. The lowest BCUT2D eigenvalue weighted by molar-refractivity contribution is 0.199. The molecule has 2 aromatic rings. The summed E-state index contributed by atoms with van der Waals surface area (Å²) in [5, 5.41) is 9.82. The van der Waals surface area contributed by atoms with E-state index in [9.17, 15) is 5.11 Å². The number of benzene rings is 1. The fourth-order valence-corrected chi connectivity index (χ4v) is 2.48. The van der Waals surface area contributed by atoms with E-state index in [0.717, 1.165) is 24.5 Å². The maximum atomic E-state index is 9.82. The van der Waals surface area contributed by atoms with Crippen molar-refractivity contribution in [3.63, 3.8) is 0 Å². The van der Waals surface area contributed by atoms with Crippen LogP contribution >= 0.6 is 0 Å². The van der Waals surface area contributed by atoms with Crippen molar-refractivity contribution in [3.05, 3.63) is 59.3 Å². The molecule has 1 aliphatic heterocycles. The van der Waals surface area contributed by atoms with E-state index in [1.165, 1.54) is 11.1 Å². The van der Waals surface area contributed by atoms with Crippen LogP contribution < -0.4 is 4.90 Å². The van der Waals surface area contributed by atoms with Crippen LogP contribution in [0.2, 0.25) is 0 Å². The molecule has 1 aromatic heterocycles. The van der Waals surface area contributed by atoms with Gasteiger partial charge in [0.2, 0.25) is 0 Å². The fourth-order valence-electron chi connectivity index (χ4n) is 2.48. The Balaban J connectivity index is 1.95. The normalized spacial score (nSPS) is 15.6. The van der Waals surface area contributed by atoms with Gasteiger partial charge < -0.3 is 10.0 Å². The highest BCUT2D eigenvalue weighted by Gasteiger charge is 2.22. The number of nitrogens with zero attached hydrogens (tertiary/aromatic N) is 2. The van der Waals surface area contributed by atoms with E-state index in [2.05, 4.69) is 34.1 Å². The summed E-state index contributed by atoms with van der Waals surface area (Å²) in [6.45, 7) is 3.52. The van der Waals surface area contributed by atoms with Gasteiger partial charge in [0.25, 0.3) is 0 Å². The number of hydrogen-bond acceptors (Lipinski definition) is 3. The van der Waals surface area contributed by atoms with Crippen LogP contribution in [0.5, 0.6) is 0 Å². The third-order valence-corrected chi connectivity index (χ3v) is 3.41. The molecule has 0 saturated carbocycles. The Hall–Kier alpha value is -1.87. The predicted molar refractivity (Wildman–Crippen MR) is 71.2 cm³/mol. The van der Waals surface area contributed by atoms with Gasteiger partial charge in [0.05, 0.1) is 6.10 Å². The molecular weight excluding hydrogens is 224 g/mol. The summed E-state index contributed by atoms with van der Waals surface area (Å²) in [5.74, 6) is 0.892. The van der Waals surface area contributed by atoms with E-state index < -0.39 is 6.10 Å². The molecule has 0 fully saturated rings. The second-order valence-electron chi connectivity index (χ2n) is 4.72. The lowest BCUT2D eigenvalue weighted by Crippen LogP contribution is -2.18. The van der Waals surface area contributed by atoms with Crippen LogP contribution in [0.25, 0.3) is 0 Å². The third kappa shape index (κ3) is 1.87. The van der Waals surface area contributed by atoms with Gasteiger partial charge in [0.15, 0.2) is 0 Å². The molecule has 1 N–H and O–H groups in total. The van der Waals surface area contributed by atoms with E-state index in [1.807, 2.05) is 12.1 Å². The smallest absolute Gasteiger partial charge is 0.134 e. The largest absolute Gasteiger partial charge is 0.389 e. The summed E-state index contributed by atoms with van der Waals surface area (Å²) in [6.07, 6.45) is 1.29. The average Bonchev–Trinajstić information content (AvgIpc) is 2.82. The molecule has 18 heavy (non-hydrogen) atoms. The highest BCUT2D eigenvalue weighted by atomic mass is 16.3. The maximum absolute atomic E-state index is 9.82. The minimum atomic E-state index is -0.489. The lowest BCUT2D eigenvalue weighted by Gasteiger charge is -2.21. The maximum Gasteiger partial charge on any atom is 0.134 e. The summed E-state index contributed by atoms with van der Waals surface area (Å²) in [5.41, 5.74) is 3.59. The van der Waals surface area contributed by atoms with E-state index in [1.54, 1.807) is 13.1 Å². The van der Waals surface area contributed by atoms with Crippen LogP contribution in [0.1, 0.15) is 29.7 Å². The number of anilines is 1. The molecule has 0 amide bonds. The Morgan fingerprint density at radius 2 is 1.78 bits per heavy atom. The third-order valence-electron chi connectivity index (χ3n) is 3.41. The van der Waals surface area contributed by atoms with Gasteiger partial charge in [-0.15, -0.1) is 0 Å². The quantitative estimate of drug-likeness (QED) is 0.876. The molecular formula is C15H16N2O. The van der Waals surface area contributed by atoms with Crippen molar-refractivity contribution in [1.82, 2.24) is 4.98 Å². The number of aliphatic hydroxyl groups is 1. The lowest BCUT2D eigenvalue weighted by atomic mass is 10.1. The summed E-state index contributed by atoms with van der Waals surface area (Å²) >= 11 is 0. The minimum absolute atomic E-state index is 0.489. The van der Waals surface area contributed by atoms with Crippen molar-refractivity contribution in [1.29, 1.82) is 0 Å². The molecule has 0 radical (unpaired) electrons. The first-order valence-electron chi connectivity index (χ1n) is 6.20. The molecule has 1 aliphatic rings. The van der Waals surface area contributed by atoms with Crippen molar-refractivity contribution < 1.29 is 5.11 Å². The molecule has 2 heterocycles. The Morgan fingerprint density at radius 3 is 2.39 bits per heavy atom. The second-order valence-corrected chi connectivity index (χ2v) is 4.72. The molecule has 0 saturated heterocycles. The van der Waals surface area contributed by atoms with E-state index in [0.29, 0.717) is 0 Å². The Bertz CT molecular complexity index is 541. The topological polar surface area (TPSA) is 36.4 Å². The summed E-state index contributed by atoms with van der Waals surface area (Å²) in [4.78, 5) is 6.65. The van der Waals surface area contributed by atoms with Gasteiger partial charge in [-0.1, -0.05) is 30.3 Å². The van der Waals surface area contributed by atoms with Crippen LogP contribution in [-0.2, 0) is 13.1 Å². The Kier molecular flexibility index (Phi) is 2.76. The van der Waals surface area contributed by atoms with Crippen molar-refractivity contribution in [2.45, 2.75) is 26.1 Å². The summed E-state index contributed by atoms with van der Waals surface area (Å²) < 4.78 is 0. The first kappa shape index (κ1) is 11.2. The first-order chi connectivity index (χ1) is 8.75. The second kappa shape index (κ2) is 4.42. The standard InChI is InChI=1S/C15H16N2O/c1-11(18)14-7-4-8-16-15(14)17-9-12-5-2-3-6-13(12)10-17/h2-8,11,18H,9-10H2,1H3/t11-/m1/s1. The van der Waals surface area contributed by atoms with Crippen LogP contribution in [0, 0.1) is 0 Å². The van der Waals surface area contributed by atoms with Gasteiger partial charge in [-0.05, 0) is 24.1 Å². The predicted octanol–water partition coefficient (Wildman–Crippen LogP) is 2.66. The molecule has 3 rings (SSSR count). The number of hydrogen-bond donors (Lipinski definition) is 1. The monoisotopic (exact) mass is 240 g/mol. The van der Waals surface area contributed by atoms with Gasteiger partial charge in [0.1, 0.15) is 5.82 Å². The van der Waals surface area contributed by atoms with Crippen LogP contribution in [0.3, 0.4) is 0 Å². The van der Waals surface area contributed by atoms with Gasteiger partial charge in [0, 0.05) is 24.8 Å². The molecule has 1 aromatic carbocycles. The summed E-state index contributed by atoms with van der Waals surface area (Å²) in [6, 6.07) is 12.2. The zero-order valence-corrected chi connectivity index (χ0v) is 10.4. The number of rotatable bonds is 2. The van der Waals surface area contributed by atoms with Gasteiger partial charge in [-0.2, -0.15) is 0 Å². The average molecular weight is 240 g/mol. The first-order valence-corrected chi connectivity index (χ1v) is 6.20. The molecule has 92 valence electrons. The Morgan fingerprint density at radius 1 is 1.11 bits per heavy atom. The van der Waals surface area contributed by atoms with Crippen LogP contribution in [0.4, 0.5) is 5.82 Å². The van der Waals surface area contributed by atoms with E-state index in [4.69, 9.17) is 0 Å². The number of pyridine rings is 1. The van der Waals surface area contributed by atoms with Crippen molar-refractivity contribution >= 4 is 5.82 Å². The SMILES string of the molecule is C[C@@H](O)c1cccnc1N1Cc2ccccc2C1. The molecule has 0 aliphatic carbocycles. The highest BCUT2D eigenvalue weighted by molar-refractivity contribution is 5.52. The summed E-state index contributed by atoms with van der Waals surface area (Å²) in [7, 11) is 0.